The van der Waals surface area contributed by atoms with Crippen LogP contribution in [-0.4, -0.2) is 68.0 Å². The van der Waals surface area contributed by atoms with Crippen LogP contribution in [-0.2, 0) is 9.47 Å². The summed E-state index contributed by atoms with van der Waals surface area (Å²) in [6.45, 7) is -0.665. The highest BCUT2D eigenvalue weighted by Crippen LogP contribution is 2.42. The summed E-state index contributed by atoms with van der Waals surface area (Å²) in [5.74, 6) is 0.117. The molecule has 4 aromatic rings. The standard InChI is InChI=1S/C25H25FN4O5/c1-34-13-25(12-31)21(33)20(32)24(35-25)30-11-18(15-5-3-2-4-6-15)19-22(27-14-28-23(19)30)29-17-9-7-16(26)8-10-17/h2-11,14,20-21,24,31-33H,12-13H2,1H3,(H,27,28,29)/t20-,21+,24-,25+/m1/s1. The molecule has 182 valence electrons. The fraction of sp³-hybridized carbons (Fsp3) is 0.280. The van der Waals surface area contributed by atoms with Crippen LogP contribution in [0.25, 0.3) is 22.2 Å². The SMILES string of the molecule is COC[C@]1(CO)O[C@@H](n2cc(-c3ccccc3)c3c(Nc4ccc(F)cc4)ncnc32)[C@H](O)[C@@H]1O. The van der Waals surface area contributed by atoms with Crippen molar-refractivity contribution in [3.8, 4) is 11.1 Å². The Kier molecular flexibility index (Phi) is 6.22. The number of nitrogens with zero attached hydrogens (tertiary/aromatic N) is 3. The van der Waals surface area contributed by atoms with Gasteiger partial charge in [-0.3, -0.25) is 0 Å². The molecule has 3 heterocycles. The summed E-state index contributed by atoms with van der Waals surface area (Å²) in [6, 6.07) is 15.4. The minimum absolute atomic E-state index is 0.116. The Morgan fingerprint density at radius 2 is 1.86 bits per heavy atom. The lowest BCUT2D eigenvalue weighted by Gasteiger charge is -2.28. The molecular weight excluding hydrogens is 455 g/mol. The van der Waals surface area contributed by atoms with Gasteiger partial charge in [0.1, 0.15) is 41.4 Å². The highest BCUT2D eigenvalue weighted by atomic mass is 19.1. The maximum Gasteiger partial charge on any atom is 0.165 e. The van der Waals surface area contributed by atoms with Crippen LogP contribution < -0.4 is 5.32 Å². The van der Waals surface area contributed by atoms with E-state index in [0.29, 0.717) is 22.5 Å². The van der Waals surface area contributed by atoms with E-state index in [9.17, 15) is 19.7 Å². The average molecular weight is 480 g/mol. The molecule has 0 aliphatic carbocycles. The molecular formula is C25H25FN4O5. The monoisotopic (exact) mass is 480 g/mol. The number of benzene rings is 2. The number of aliphatic hydroxyl groups excluding tert-OH is 3. The molecule has 2 aromatic heterocycles. The van der Waals surface area contributed by atoms with Gasteiger partial charge in [0.25, 0.3) is 0 Å². The number of hydrogen-bond donors (Lipinski definition) is 4. The Morgan fingerprint density at radius 1 is 1.11 bits per heavy atom. The van der Waals surface area contributed by atoms with E-state index in [1.165, 1.54) is 25.6 Å². The third-order valence-electron chi connectivity index (χ3n) is 6.24. The molecule has 9 nitrogen and oxygen atoms in total. The minimum Gasteiger partial charge on any atom is -0.393 e. The first-order valence-corrected chi connectivity index (χ1v) is 11.0. The fourth-order valence-electron chi connectivity index (χ4n) is 4.49. The van der Waals surface area contributed by atoms with Crippen molar-refractivity contribution >= 4 is 22.5 Å². The Morgan fingerprint density at radius 3 is 2.54 bits per heavy atom. The van der Waals surface area contributed by atoms with Crippen LogP contribution in [0.2, 0.25) is 0 Å². The maximum atomic E-state index is 13.4. The van der Waals surface area contributed by atoms with E-state index < -0.39 is 30.6 Å². The second-order valence-electron chi connectivity index (χ2n) is 8.47. The Balaban J connectivity index is 1.66. The summed E-state index contributed by atoms with van der Waals surface area (Å²) in [4.78, 5) is 8.87. The Labute approximate surface area is 200 Å². The summed E-state index contributed by atoms with van der Waals surface area (Å²) in [6.07, 6.45) is -0.675. The number of ether oxygens (including phenoxy) is 2. The zero-order valence-electron chi connectivity index (χ0n) is 18.9. The largest absolute Gasteiger partial charge is 0.393 e. The quantitative estimate of drug-likeness (QED) is 0.319. The summed E-state index contributed by atoms with van der Waals surface area (Å²) in [5.41, 5.74) is 1.19. The van der Waals surface area contributed by atoms with Gasteiger partial charge in [-0.25, -0.2) is 14.4 Å². The number of methoxy groups -OCH3 is 1. The molecule has 0 amide bonds. The molecule has 10 heteroatoms. The van der Waals surface area contributed by atoms with Crippen molar-refractivity contribution in [2.24, 2.45) is 0 Å². The number of fused-ring (bicyclic) bond motifs is 1. The smallest absolute Gasteiger partial charge is 0.165 e. The Hall–Kier alpha value is -3.41. The van der Waals surface area contributed by atoms with Gasteiger partial charge in [-0.15, -0.1) is 0 Å². The second kappa shape index (κ2) is 9.33. The van der Waals surface area contributed by atoms with Crippen molar-refractivity contribution in [3.05, 3.63) is 72.9 Å². The van der Waals surface area contributed by atoms with E-state index in [1.807, 2.05) is 30.3 Å². The van der Waals surface area contributed by atoms with Gasteiger partial charge in [-0.1, -0.05) is 30.3 Å². The van der Waals surface area contributed by atoms with Gasteiger partial charge in [0.15, 0.2) is 6.23 Å². The number of hydrogen-bond acceptors (Lipinski definition) is 8. The average Bonchev–Trinajstić information content (AvgIpc) is 3.38. The number of nitrogens with one attached hydrogen (secondary N) is 1. The van der Waals surface area contributed by atoms with E-state index in [4.69, 9.17) is 9.47 Å². The van der Waals surface area contributed by atoms with Gasteiger partial charge in [-0.05, 0) is 29.8 Å². The summed E-state index contributed by atoms with van der Waals surface area (Å²) >= 11 is 0. The van der Waals surface area contributed by atoms with Gasteiger partial charge < -0.3 is 34.7 Å². The van der Waals surface area contributed by atoms with Gasteiger partial charge in [0.05, 0.1) is 18.6 Å². The number of aliphatic hydroxyl groups is 3. The highest BCUT2D eigenvalue weighted by Gasteiger charge is 2.55. The minimum atomic E-state index is -1.50. The van der Waals surface area contributed by atoms with Gasteiger partial charge in [0.2, 0.25) is 0 Å². The first kappa shape index (κ1) is 23.3. The van der Waals surface area contributed by atoms with Crippen LogP contribution in [0.4, 0.5) is 15.9 Å². The topological polar surface area (TPSA) is 122 Å². The molecule has 0 bridgehead atoms. The molecule has 1 aliphatic heterocycles. The van der Waals surface area contributed by atoms with Crippen LogP contribution in [0.1, 0.15) is 6.23 Å². The van der Waals surface area contributed by atoms with Crippen molar-refractivity contribution < 1.29 is 29.2 Å². The van der Waals surface area contributed by atoms with Crippen LogP contribution in [0, 0.1) is 5.82 Å². The van der Waals surface area contributed by atoms with E-state index in [0.717, 1.165) is 11.1 Å². The van der Waals surface area contributed by atoms with Gasteiger partial charge in [0, 0.05) is 24.6 Å². The van der Waals surface area contributed by atoms with Crippen LogP contribution in [0.3, 0.4) is 0 Å². The van der Waals surface area contributed by atoms with Crippen molar-refractivity contribution in [3.63, 3.8) is 0 Å². The molecule has 5 rings (SSSR count). The molecule has 0 saturated carbocycles. The zero-order valence-corrected chi connectivity index (χ0v) is 18.9. The fourth-order valence-corrected chi connectivity index (χ4v) is 4.49. The summed E-state index contributed by atoms with van der Waals surface area (Å²) < 4.78 is 26.2. The van der Waals surface area contributed by atoms with Gasteiger partial charge >= 0.3 is 0 Å². The van der Waals surface area contributed by atoms with E-state index >= 15 is 0 Å². The molecule has 1 saturated heterocycles. The molecule has 1 fully saturated rings. The van der Waals surface area contributed by atoms with Crippen molar-refractivity contribution in [2.45, 2.75) is 24.0 Å². The lowest BCUT2D eigenvalue weighted by Crippen LogP contribution is -2.49. The predicted molar refractivity (Wildman–Crippen MR) is 126 cm³/mol. The van der Waals surface area contributed by atoms with Crippen LogP contribution >= 0.6 is 0 Å². The highest BCUT2D eigenvalue weighted by molar-refractivity contribution is 6.02. The van der Waals surface area contributed by atoms with Crippen LogP contribution in [0.15, 0.2) is 67.1 Å². The van der Waals surface area contributed by atoms with Crippen molar-refractivity contribution in [1.82, 2.24) is 14.5 Å². The lowest BCUT2D eigenvalue weighted by molar-refractivity contribution is -0.154. The molecule has 4 N–H and O–H groups in total. The third kappa shape index (κ3) is 4.05. The molecule has 0 unspecified atom stereocenters. The van der Waals surface area contributed by atoms with E-state index in [1.54, 1.807) is 22.9 Å². The van der Waals surface area contributed by atoms with Crippen molar-refractivity contribution in [1.29, 1.82) is 0 Å². The first-order chi connectivity index (χ1) is 17.0. The summed E-state index contributed by atoms with van der Waals surface area (Å²) in [7, 11) is 1.42. The molecule has 2 aromatic carbocycles. The van der Waals surface area contributed by atoms with E-state index in [-0.39, 0.29) is 12.4 Å². The first-order valence-electron chi connectivity index (χ1n) is 11.0. The normalized spacial score (nSPS) is 24.2. The molecule has 0 spiro atoms. The summed E-state index contributed by atoms with van der Waals surface area (Å²) in [5, 5.41) is 35.5. The maximum absolute atomic E-state index is 13.4. The number of aromatic nitrogens is 3. The zero-order chi connectivity index (χ0) is 24.6. The molecule has 4 atom stereocenters. The number of anilines is 2. The number of rotatable bonds is 7. The van der Waals surface area contributed by atoms with E-state index in [2.05, 4.69) is 15.3 Å². The predicted octanol–water partition coefficient (Wildman–Crippen LogP) is 2.61. The molecule has 1 aliphatic rings. The van der Waals surface area contributed by atoms with Gasteiger partial charge in [-0.2, -0.15) is 0 Å². The number of halogens is 1. The lowest BCUT2D eigenvalue weighted by atomic mass is 9.97. The Bertz CT molecular complexity index is 1320. The van der Waals surface area contributed by atoms with Crippen molar-refractivity contribution in [2.75, 3.05) is 25.6 Å². The second-order valence-corrected chi connectivity index (χ2v) is 8.47. The van der Waals surface area contributed by atoms with Crippen LogP contribution in [0.5, 0.6) is 0 Å². The third-order valence-corrected chi connectivity index (χ3v) is 6.24. The molecule has 0 radical (unpaired) electrons. The molecule has 35 heavy (non-hydrogen) atoms.